The van der Waals surface area contributed by atoms with Crippen molar-refractivity contribution < 1.29 is 98.7 Å². The van der Waals surface area contributed by atoms with Gasteiger partial charge in [-0.2, -0.15) is 0 Å². The fraction of sp³-hybridized carbons (Fsp3) is 0. The molecule has 0 aromatic heterocycles. The SMILES string of the molecule is [Co+2].[Fe+2].[OH-].[OH-].[OH-].[OH-].[OH-].[OH-].[OH-].[OH-].[W+4]. The molecule has 11 heavy (non-hydrogen) atoms. The van der Waals surface area contributed by atoms with Crippen LogP contribution in [0.25, 0.3) is 0 Å². The minimum Gasteiger partial charge on any atom is -0.870 e. The molecule has 0 rings (SSSR count). The summed E-state index contributed by atoms with van der Waals surface area (Å²) in [6, 6.07) is 0. The van der Waals surface area contributed by atoms with Crippen LogP contribution >= 0.6 is 0 Å². The van der Waals surface area contributed by atoms with Crippen LogP contribution in [0, 0.1) is 0 Å². The van der Waals surface area contributed by atoms with E-state index in [1.807, 2.05) is 0 Å². The van der Waals surface area contributed by atoms with Crippen molar-refractivity contribution in [2.24, 2.45) is 0 Å². The molecule has 8 nitrogen and oxygen atoms in total. The second kappa shape index (κ2) is 633. The Bertz CT molecular complexity index is 14.1. The zero-order valence-electron chi connectivity index (χ0n) is 4.67. The van der Waals surface area contributed by atoms with E-state index in [1.54, 1.807) is 0 Å². The maximum atomic E-state index is 0. The molecule has 0 fully saturated rings. The number of hydrogen-bond donors (Lipinski definition) is 0. The molecular weight excluding hydrogens is 427 g/mol. The van der Waals surface area contributed by atoms with Gasteiger partial charge >= 0.3 is 54.9 Å². The summed E-state index contributed by atoms with van der Waals surface area (Å²) in [4.78, 5) is 0. The quantitative estimate of drug-likeness (QED) is 0.408. The Hall–Kier alpha value is 1.39. The normalized spacial score (nSPS) is 0. The van der Waals surface area contributed by atoms with Gasteiger partial charge in [0.15, 0.2) is 0 Å². The van der Waals surface area contributed by atoms with Crippen molar-refractivity contribution in [3.05, 3.63) is 0 Å². The summed E-state index contributed by atoms with van der Waals surface area (Å²) in [5.41, 5.74) is 0. The van der Waals surface area contributed by atoms with Crippen molar-refractivity contribution in [2.45, 2.75) is 0 Å². The van der Waals surface area contributed by atoms with Gasteiger partial charge in [0.1, 0.15) is 0 Å². The van der Waals surface area contributed by atoms with Crippen LogP contribution in [-0.4, -0.2) is 43.8 Å². The molecule has 0 aromatic rings. The Morgan fingerprint density at radius 1 is 0.364 bits per heavy atom. The van der Waals surface area contributed by atoms with Gasteiger partial charge in [0.05, 0.1) is 0 Å². The molecule has 0 spiro atoms. The van der Waals surface area contributed by atoms with Gasteiger partial charge in [0.25, 0.3) is 0 Å². The fourth-order valence-corrected chi connectivity index (χ4v) is 0. The van der Waals surface area contributed by atoms with Crippen LogP contribution in [0.5, 0.6) is 0 Å². The van der Waals surface area contributed by atoms with Crippen LogP contribution in [0.15, 0.2) is 0 Å². The molecule has 79 valence electrons. The van der Waals surface area contributed by atoms with Crippen LogP contribution in [0.1, 0.15) is 0 Å². The predicted octanol–water partition coefficient (Wildman–Crippen LogP) is -1.42. The van der Waals surface area contributed by atoms with Gasteiger partial charge in [-0.1, -0.05) is 0 Å². The van der Waals surface area contributed by atoms with Crippen LogP contribution in [0.2, 0.25) is 0 Å². The monoisotopic (exact) mass is 435 g/mol. The van der Waals surface area contributed by atoms with Crippen LogP contribution in [0.3, 0.4) is 0 Å². The summed E-state index contributed by atoms with van der Waals surface area (Å²) in [6.45, 7) is 0. The average Bonchev–Trinajstić information content (AvgIpc) is 0. The maximum Gasteiger partial charge on any atom is 4.00 e. The first-order valence-corrected chi connectivity index (χ1v) is 0. The molecular formula is H8CoFeO8W. The van der Waals surface area contributed by atoms with Crippen LogP contribution < -0.4 is 0 Å². The van der Waals surface area contributed by atoms with Gasteiger partial charge in [-0.3, -0.25) is 0 Å². The van der Waals surface area contributed by atoms with E-state index >= 15 is 0 Å². The van der Waals surface area contributed by atoms with Crippen LogP contribution in [0.4, 0.5) is 0 Å². The number of rotatable bonds is 0. The molecule has 0 aliphatic carbocycles. The second-order valence-corrected chi connectivity index (χ2v) is 0. The predicted molar refractivity (Wildman–Crippen MR) is 15.5 cm³/mol. The summed E-state index contributed by atoms with van der Waals surface area (Å²) in [7, 11) is 0. The van der Waals surface area contributed by atoms with Gasteiger partial charge < -0.3 is 43.8 Å². The first kappa shape index (κ1) is 828. The van der Waals surface area contributed by atoms with Crippen LogP contribution in [-0.2, 0) is 54.9 Å². The van der Waals surface area contributed by atoms with Gasteiger partial charge in [-0.25, -0.2) is 0 Å². The second-order valence-electron chi connectivity index (χ2n) is 0. The average molecular weight is 435 g/mol. The van der Waals surface area contributed by atoms with Crippen molar-refractivity contribution >= 4 is 0 Å². The minimum atomic E-state index is 0. The first-order chi connectivity index (χ1) is 0. The summed E-state index contributed by atoms with van der Waals surface area (Å²) in [5, 5.41) is 0. The molecule has 0 atom stereocenters. The van der Waals surface area contributed by atoms with E-state index in [4.69, 9.17) is 0 Å². The molecule has 0 amide bonds. The topological polar surface area (TPSA) is 240 Å². The van der Waals surface area contributed by atoms with E-state index in [1.165, 1.54) is 0 Å². The molecule has 11 heteroatoms. The van der Waals surface area contributed by atoms with Gasteiger partial charge in [-0.05, 0) is 0 Å². The molecule has 0 aromatic carbocycles. The summed E-state index contributed by atoms with van der Waals surface area (Å²) in [5.74, 6) is 0. The summed E-state index contributed by atoms with van der Waals surface area (Å²) < 4.78 is 0. The Morgan fingerprint density at radius 2 is 0.364 bits per heavy atom. The molecule has 0 bridgehead atoms. The van der Waals surface area contributed by atoms with Crippen molar-refractivity contribution in [1.29, 1.82) is 0 Å². The molecule has 0 unspecified atom stereocenters. The van der Waals surface area contributed by atoms with E-state index in [2.05, 4.69) is 0 Å². The van der Waals surface area contributed by atoms with E-state index in [9.17, 15) is 0 Å². The van der Waals surface area contributed by atoms with E-state index in [-0.39, 0.29) is 98.7 Å². The Balaban J connectivity index is 0. The van der Waals surface area contributed by atoms with Gasteiger partial charge in [0, 0.05) is 0 Å². The van der Waals surface area contributed by atoms with Crippen molar-refractivity contribution in [3.63, 3.8) is 0 Å². The summed E-state index contributed by atoms with van der Waals surface area (Å²) >= 11 is 0. The third-order valence-corrected chi connectivity index (χ3v) is 0. The van der Waals surface area contributed by atoms with Crippen molar-refractivity contribution in [3.8, 4) is 0 Å². The molecule has 0 aliphatic rings. The smallest absolute Gasteiger partial charge is 0.870 e. The van der Waals surface area contributed by atoms with Crippen molar-refractivity contribution in [1.82, 2.24) is 0 Å². The third kappa shape index (κ3) is 517. The Labute approximate surface area is 98.5 Å². The zero-order chi connectivity index (χ0) is 0. The van der Waals surface area contributed by atoms with E-state index in [0.717, 1.165) is 0 Å². The standard InChI is InChI=1S/Co.Fe.8H2O.W/h;;8*1H2;/q2*+2;;;;;;;;;+4/p-8. The van der Waals surface area contributed by atoms with Gasteiger partial charge in [-0.15, -0.1) is 0 Å². The molecule has 0 aliphatic heterocycles. The van der Waals surface area contributed by atoms with E-state index < -0.39 is 0 Å². The molecule has 8 N–H and O–H groups in total. The maximum absolute atomic E-state index is 0. The molecule has 0 saturated carbocycles. The largest absolute Gasteiger partial charge is 4.00 e. The molecule has 1 radical (unpaired) electrons. The summed E-state index contributed by atoms with van der Waals surface area (Å²) in [6.07, 6.45) is 0. The Morgan fingerprint density at radius 3 is 0.364 bits per heavy atom. The van der Waals surface area contributed by atoms with Gasteiger partial charge in [0.2, 0.25) is 0 Å². The molecule has 0 saturated heterocycles. The Kier molecular flexibility index (Phi) is 47700. The first-order valence-electron chi connectivity index (χ1n) is 0. The number of hydrogen-bond acceptors (Lipinski definition) is 8. The van der Waals surface area contributed by atoms with Crippen molar-refractivity contribution in [2.75, 3.05) is 0 Å². The fourth-order valence-electron chi connectivity index (χ4n) is 0. The minimum absolute atomic E-state index is 0. The van der Waals surface area contributed by atoms with E-state index in [0.29, 0.717) is 0 Å². The third-order valence-electron chi connectivity index (χ3n) is 0. The molecule has 0 heterocycles. The zero-order valence-corrected chi connectivity index (χ0v) is 9.75.